The highest BCUT2D eigenvalue weighted by Crippen LogP contribution is 2.30. The summed E-state index contributed by atoms with van der Waals surface area (Å²) >= 11 is 0. The van der Waals surface area contributed by atoms with E-state index in [1.54, 1.807) is 48.3 Å². The van der Waals surface area contributed by atoms with E-state index in [2.05, 4.69) is 5.43 Å². The molecule has 1 aliphatic heterocycles. The van der Waals surface area contributed by atoms with Crippen LogP contribution in [0.4, 0.5) is 0 Å². The van der Waals surface area contributed by atoms with Gasteiger partial charge in [-0.15, -0.1) is 0 Å². The highest BCUT2D eigenvalue weighted by atomic mass is 16.3. The SMILES string of the molecule is Cc1ccc(C(=O)N(C)Cc2ccco2)c(C2CCN(C(=O)CCC(=O)NN(C)C)CC2)n1. The van der Waals surface area contributed by atoms with Crippen molar-refractivity contribution in [2.75, 3.05) is 34.2 Å². The van der Waals surface area contributed by atoms with Crippen LogP contribution in [-0.4, -0.2) is 71.7 Å². The number of nitrogens with zero attached hydrogens (tertiary/aromatic N) is 4. The van der Waals surface area contributed by atoms with E-state index in [1.807, 2.05) is 25.1 Å². The van der Waals surface area contributed by atoms with Crippen LogP contribution in [0, 0.1) is 6.92 Å². The second kappa shape index (κ2) is 11.1. The van der Waals surface area contributed by atoms with E-state index >= 15 is 0 Å². The first kappa shape index (κ1) is 24.4. The summed E-state index contributed by atoms with van der Waals surface area (Å²) < 4.78 is 5.37. The first-order valence-corrected chi connectivity index (χ1v) is 11.2. The predicted molar refractivity (Wildman–Crippen MR) is 123 cm³/mol. The van der Waals surface area contributed by atoms with Gasteiger partial charge >= 0.3 is 0 Å². The van der Waals surface area contributed by atoms with Crippen molar-refractivity contribution in [3.05, 3.63) is 53.2 Å². The van der Waals surface area contributed by atoms with Crippen LogP contribution in [0.5, 0.6) is 0 Å². The van der Waals surface area contributed by atoms with E-state index < -0.39 is 0 Å². The number of aryl methyl sites for hydroxylation is 1. The van der Waals surface area contributed by atoms with E-state index in [-0.39, 0.29) is 36.5 Å². The fraction of sp³-hybridized carbons (Fsp3) is 0.500. The smallest absolute Gasteiger partial charge is 0.255 e. The monoisotopic (exact) mass is 455 g/mol. The van der Waals surface area contributed by atoms with Gasteiger partial charge in [0.15, 0.2) is 0 Å². The molecule has 3 rings (SSSR count). The van der Waals surface area contributed by atoms with Gasteiger partial charge in [0.25, 0.3) is 5.91 Å². The fourth-order valence-corrected chi connectivity index (χ4v) is 4.07. The molecular formula is C24H33N5O4. The Balaban J connectivity index is 1.61. The molecule has 2 aromatic rings. The van der Waals surface area contributed by atoms with E-state index in [0.29, 0.717) is 25.2 Å². The normalized spacial score (nSPS) is 14.4. The minimum atomic E-state index is -0.172. The van der Waals surface area contributed by atoms with Crippen molar-refractivity contribution in [2.24, 2.45) is 0 Å². The van der Waals surface area contributed by atoms with Gasteiger partial charge in [-0.1, -0.05) is 0 Å². The lowest BCUT2D eigenvalue weighted by Gasteiger charge is -2.33. The second-order valence-corrected chi connectivity index (χ2v) is 8.71. The van der Waals surface area contributed by atoms with Crippen LogP contribution < -0.4 is 5.43 Å². The average Bonchev–Trinajstić information content (AvgIpc) is 3.29. The Morgan fingerprint density at radius 3 is 2.48 bits per heavy atom. The number of hydrazine groups is 1. The van der Waals surface area contributed by atoms with Gasteiger partial charge in [-0.2, -0.15) is 0 Å². The van der Waals surface area contributed by atoms with Gasteiger partial charge < -0.3 is 14.2 Å². The molecule has 1 aliphatic rings. The van der Waals surface area contributed by atoms with Gasteiger partial charge in [0, 0.05) is 58.7 Å². The zero-order valence-corrected chi connectivity index (χ0v) is 19.8. The third-order valence-electron chi connectivity index (χ3n) is 5.76. The van der Waals surface area contributed by atoms with Gasteiger partial charge in [-0.3, -0.25) is 24.8 Å². The van der Waals surface area contributed by atoms with Crippen molar-refractivity contribution in [2.45, 2.75) is 45.1 Å². The maximum Gasteiger partial charge on any atom is 0.255 e. The van der Waals surface area contributed by atoms with Gasteiger partial charge in [0.2, 0.25) is 11.8 Å². The number of aromatic nitrogens is 1. The van der Waals surface area contributed by atoms with Crippen LogP contribution in [0.15, 0.2) is 34.9 Å². The summed E-state index contributed by atoms with van der Waals surface area (Å²) in [6, 6.07) is 7.35. The third-order valence-corrected chi connectivity index (χ3v) is 5.76. The number of likely N-dealkylation sites (tertiary alicyclic amines) is 1. The number of hydrogen-bond acceptors (Lipinski definition) is 6. The lowest BCUT2D eigenvalue weighted by molar-refractivity contribution is -0.135. The van der Waals surface area contributed by atoms with Gasteiger partial charge in [0.05, 0.1) is 24.1 Å². The Kier molecular flexibility index (Phi) is 8.21. The number of amides is 3. The summed E-state index contributed by atoms with van der Waals surface area (Å²) in [5.41, 5.74) is 4.90. The molecule has 3 heterocycles. The summed E-state index contributed by atoms with van der Waals surface area (Å²) in [7, 11) is 5.22. The molecule has 0 aliphatic carbocycles. The van der Waals surface area contributed by atoms with Crippen LogP contribution in [0.25, 0.3) is 0 Å². The van der Waals surface area contributed by atoms with Crippen molar-refractivity contribution in [3.8, 4) is 0 Å². The highest BCUT2D eigenvalue weighted by molar-refractivity contribution is 5.95. The summed E-state index contributed by atoms with van der Waals surface area (Å²) in [6.45, 7) is 3.48. The molecule has 1 N–H and O–H groups in total. The Morgan fingerprint density at radius 1 is 1.12 bits per heavy atom. The summed E-state index contributed by atoms with van der Waals surface area (Å²) in [5.74, 6) is 0.530. The molecular weight excluding hydrogens is 422 g/mol. The summed E-state index contributed by atoms with van der Waals surface area (Å²) in [4.78, 5) is 45.7. The number of pyridine rings is 1. The molecule has 2 aromatic heterocycles. The lowest BCUT2D eigenvalue weighted by atomic mass is 9.89. The van der Waals surface area contributed by atoms with Gasteiger partial charge in [-0.25, -0.2) is 5.01 Å². The van der Waals surface area contributed by atoms with E-state index in [0.717, 1.165) is 30.0 Å². The molecule has 9 heteroatoms. The number of carbonyl (C=O) groups is 3. The number of rotatable bonds is 8. The Bertz CT molecular complexity index is 965. The van der Waals surface area contributed by atoms with E-state index in [9.17, 15) is 14.4 Å². The van der Waals surface area contributed by atoms with Gasteiger partial charge in [-0.05, 0) is 44.0 Å². The average molecular weight is 456 g/mol. The molecule has 0 bridgehead atoms. The zero-order chi connectivity index (χ0) is 24.0. The third kappa shape index (κ3) is 6.64. The molecule has 178 valence electrons. The van der Waals surface area contributed by atoms with Gasteiger partial charge in [0.1, 0.15) is 5.76 Å². The molecule has 1 fully saturated rings. The largest absolute Gasteiger partial charge is 0.467 e. The van der Waals surface area contributed by atoms with Crippen molar-refractivity contribution in [1.29, 1.82) is 0 Å². The van der Waals surface area contributed by atoms with Crippen molar-refractivity contribution >= 4 is 17.7 Å². The quantitative estimate of drug-likeness (QED) is 0.614. The van der Waals surface area contributed by atoms with Crippen LogP contribution >= 0.6 is 0 Å². The molecule has 0 atom stereocenters. The molecule has 0 aromatic carbocycles. The standard InChI is InChI=1S/C24H33N5O4/c1-17-7-8-20(24(32)28(4)16-19-6-5-15-33-19)23(25-17)18-11-13-29(14-12-18)22(31)10-9-21(30)26-27(2)3/h5-8,15,18H,9-14,16H2,1-4H3,(H,26,30). The minimum Gasteiger partial charge on any atom is -0.467 e. The first-order chi connectivity index (χ1) is 15.7. The highest BCUT2D eigenvalue weighted by Gasteiger charge is 2.29. The topological polar surface area (TPSA) is 99.0 Å². The zero-order valence-electron chi connectivity index (χ0n) is 19.8. The number of nitrogens with one attached hydrogen (secondary N) is 1. The van der Waals surface area contributed by atoms with Crippen molar-refractivity contribution in [1.82, 2.24) is 25.2 Å². The van der Waals surface area contributed by atoms with Crippen LogP contribution in [0.1, 0.15) is 59.1 Å². The fourth-order valence-electron chi connectivity index (χ4n) is 4.07. The molecule has 3 amide bonds. The van der Waals surface area contributed by atoms with Crippen LogP contribution in [0.3, 0.4) is 0 Å². The Labute approximate surface area is 194 Å². The molecule has 33 heavy (non-hydrogen) atoms. The molecule has 9 nitrogen and oxygen atoms in total. The molecule has 0 unspecified atom stereocenters. The molecule has 0 radical (unpaired) electrons. The minimum absolute atomic E-state index is 0.0194. The van der Waals surface area contributed by atoms with E-state index in [1.165, 1.54) is 0 Å². The number of piperidine rings is 1. The number of carbonyl (C=O) groups excluding carboxylic acids is 3. The maximum atomic E-state index is 13.2. The lowest BCUT2D eigenvalue weighted by Crippen LogP contribution is -2.40. The second-order valence-electron chi connectivity index (χ2n) is 8.71. The van der Waals surface area contributed by atoms with E-state index in [4.69, 9.17) is 9.40 Å². The first-order valence-electron chi connectivity index (χ1n) is 11.2. The molecule has 0 spiro atoms. The number of furan rings is 1. The Morgan fingerprint density at radius 2 is 1.85 bits per heavy atom. The van der Waals surface area contributed by atoms with Crippen molar-refractivity contribution in [3.63, 3.8) is 0 Å². The van der Waals surface area contributed by atoms with Crippen molar-refractivity contribution < 1.29 is 18.8 Å². The van der Waals surface area contributed by atoms with Crippen LogP contribution in [-0.2, 0) is 16.1 Å². The Hall–Kier alpha value is -3.20. The molecule has 1 saturated heterocycles. The number of hydrogen-bond donors (Lipinski definition) is 1. The summed E-state index contributed by atoms with van der Waals surface area (Å²) in [5, 5.41) is 1.57. The maximum absolute atomic E-state index is 13.2. The molecule has 0 saturated carbocycles. The predicted octanol–water partition coefficient (Wildman–Crippen LogP) is 2.33. The summed E-state index contributed by atoms with van der Waals surface area (Å²) in [6.07, 6.45) is 3.41. The van der Waals surface area contributed by atoms with Crippen LogP contribution in [0.2, 0.25) is 0 Å².